The van der Waals surface area contributed by atoms with E-state index in [2.05, 4.69) is 5.32 Å². The van der Waals surface area contributed by atoms with Crippen LogP contribution in [0.4, 0.5) is 4.39 Å². The second-order valence-corrected chi connectivity index (χ2v) is 4.15. The number of benzene rings is 1. The van der Waals surface area contributed by atoms with E-state index in [1.54, 1.807) is 12.1 Å². The van der Waals surface area contributed by atoms with E-state index in [0.717, 1.165) is 31.5 Å². The van der Waals surface area contributed by atoms with Gasteiger partial charge in [0.1, 0.15) is 5.82 Å². The molecule has 84 valence electrons. The summed E-state index contributed by atoms with van der Waals surface area (Å²) in [5.74, 6) is 0.132. The number of piperidine rings is 1. The lowest BCUT2D eigenvalue weighted by Gasteiger charge is -2.23. The van der Waals surface area contributed by atoms with Crippen LogP contribution in [0.5, 0.6) is 0 Å². The molecule has 1 nitrogen and oxygen atoms in total. The Morgan fingerprint density at radius 3 is 2.80 bits per heavy atom. The lowest BCUT2D eigenvalue weighted by Crippen LogP contribution is -2.28. The molecule has 1 aliphatic heterocycles. The highest BCUT2D eigenvalue weighted by molar-refractivity contribution is 6.30. The van der Waals surface area contributed by atoms with Gasteiger partial charge in [0.15, 0.2) is 0 Å². The van der Waals surface area contributed by atoms with Gasteiger partial charge < -0.3 is 5.32 Å². The smallest absolute Gasteiger partial charge is 0.128 e. The van der Waals surface area contributed by atoms with Gasteiger partial charge in [0, 0.05) is 11.6 Å². The Morgan fingerprint density at radius 1 is 1.40 bits per heavy atom. The summed E-state index contributed by atoms with van der Waals surface area (Å²) < 4.78 is 13.5. The molecule has 0 saturated carbocycles. The monoisotopic (exact) mass is 249 g/mol. The summed E-state index contributed by atoms with van der Waals surface area (Å²) in [6.45, 7) is 1.92. The van der Waals surface area contributed by atoms with Gasteiger partial charge in [0.05, 0.1) is 0 Å². The Morgan fingerprint density at radius 2 is 2.20 bits per heavy atom. The minimum Gasteiger partial charge on any atom is -0.316 e. The van der Waals surface area contributed by atoms with Gasteiger partial charge in [0.25, 0.3) is 0 Å². The normalized spacial score (nSPS) is 20.8. The highest BCUT2D eigenvalue weighted by Crippen LogP contribution is 2.27. The first-order valence-electron chi connectivity index (χ1n) is 4.93. The third-order valence-corrected chi connectivity index (χ3v) is 2.93. The van der Waals surface area contributed by atoms with E-state index in [4.69, 9.17) is 11.6 Å². The zero-order valence-corrected chi connectivity index (χ0v) is 9.87. The van der Waals surface area contributed by atoms with Crippen molar-refractivity contribution in [2.75, 3.05) is 13.1 Å². The molecular formula is C11H14Cl2FN. The highest BCUT2D eigenvalue weighted by atomic mass is 35.5. The third-order valence-electron chi connectivity index (χ3n) is 2.70. The van der Waals surface area contributed by atoms with Gasteiger partial charge in [-0.15, -0.1) is 12.4 Å². The molecule has 15 heavy (non-hydrogen) atoms. The van der Waals surface area contributed by atoms with Crippen molar-refractivity contribution >= 4 is 24.0 Å². The molecule has 0 radical (unpaired) electrons. The Hall–Kier alpha value is -0.310. The second-order valence-electron chi connectivity index (χ2n) is 3.71. The number of nitrogens with one attached hydrogen (secondary N) is 1. The van der Waals surface area contributed by atoms with Crippen molar-refractivity contribution in [1.82, 2.24) is 5.32 Å². The molecular weight excluding hydrogens is 236 g/mol. The van der Waals surface area contributed by atoms with Gasteiger partial charge in [-0.05, 0) is 43.0 Å². The predicted molar refractivity (Wildman–Crippen MR) is 63.5 cm³/mol. The zero-order valence-electron chi connectivity index (χ0n) is 8.30. The van der Waals surface area contributed by atoms with Gasteiger partial charge in [-0.1, -0.05) is 17.7 Å². The maximum atomic E-state index is 13.5. The van der Waals surface area contributed by atoms with Crippen LogP contribution in [0.3, 0.4) is 0 Å². The van der Waals surface area contributed by atoms with E-state index in [0.29, 0.717) is 10.9 Å². The average Bonchev–Trinajstić information content (AvgIpc) is 2.19. The molecule has 0 aromatic heterocycles. The van der Waals surface area contributed by atoms with Crippen LogP contribution in [0, 0.1) is 5.82 Å². The topological polar surface area (TPSA) is 12.0 Å². The van der Waals surface area contributed by atoms with Crippen molar-refractivity contribution in [3.8, 4) is 0 Å². The van der Waals surface area contributed by atoms with E-state index in [-0.39, 0.29) is 18.2 Å². The quantitative estimate of drug-likeness (QED) is 0.805. The first kappa shape index (κ1) is 12.8. The van der Waals surface area contributed by atoms with Crippen LogP contribution in [0.15, 0.2) is 18.2 Å². The first-order valence-corrected chi connectivity index (χ1v) is 5.31. The van der Waals surface area contributed by atoms with Crippen LogP contribution in [0.2, 0.25) is 5.02 Å². The average molecular weight is 250 g/mol. The number of hydrogen-bond acceptors (Lipinski definition) is 1. The van der Waals surface area contributed by atoms with Gasteiger partial charge in [-0.3, -0.25) is 0 Å². The Bertz CT molecular complexity index is 324. The van der Waals surface area contributed by atoms with Crippen LogP contribution in [0.25, 0.3) is 0 Å². The number of halogens is 3. The molecule has 1 heterocycles. The summed E-state index contributed by atoms with van der Waals surface area (Å²) in [6.07, 6.45) is 2.18. The zero-order chi connectivity index (χ0) is 9.97. The molecule has 1 aromatic carbocycles. The molecule has 1 unspecified atom stereocenters. The first-order chi connectivity index (χ1) is 6.77. The summed E-state index contributed by atoms with van der Waals surface area (Å²) in [7, 11) is 0. The molecule has 1 saturated heterocycles. The van der Waals surface area contributed by atoms with E-state index in [1.165, 1.54) is 6.07 Å². The fraction of sp³-hybridized carbons (Fsp3) is 0.455. The lowest BCUT2D eigenvalue weighted by molar-refractivity contribution is 0.446. The molecule has 1 aromatic rings. The van der Waals surface area contributed by atoms with Crippen molar-refractivity contribution in [1.29, 1.82) is 0 Å². The summed E-state index contributed by atoms with van der Waals surface area (Å²) in [4.78, 5) is 0. The van der Waals surface area contributed by atoms with Gasteiger partial charge in [-0.25, -0.2) is 4.39 Å². The molecule has 4 heteroatoms. The predicted octanol–water partition coefficient (Wildman–Crippen LogP) is 3.37. The van der Waals surface area contributed by atoms with Crippen molar-refractivity contribution in [3.05, 3.63) is 34.6 Å². The van der Waals surface area contributed by atoms with Crippen molar-refractivity contribution in [2.24, 2.45) is 0 Å². The minimum atomic E-state index is -0.175. The van der Waals surface area contributed by atoms with Crippen LogP contribution in [-0.2, 0) is 0 Å². The summed E-state index contributed by atoms with van der Waals surface area (Å²) in [5.41, 5.74) is 0.793. The van der Waals surface area contributed by atoms with Crippen LogP contribution < -0.4 is 5.32 Å². The number of hydrogen-bond donors (Lipinski definition) is 1. The van der Waals surface area contributed by atoms with Crippen molar-refractivity contribution in [2.45, 2.75) is 18.8 Å². The summed E-state index contributed by atoms with van der Waals surface area (Å²) in [6, 6.07) is 4.95. The van der Waals surface area contributed by atoms with E-state index < -0.39 is 0 Å². The molecule has 0 amide bonds. The summed E-state index contributed by atoms with van der Waals surface area (Å²) in [5, 5.41) is 3.74. The summed E-state index contributed by atoms with van der Waals surface area (Å²) >= 11 is 5.70. The van der Waals surface area contributed by atoms with Crippen molar-refractivity contribution in [3.63, 3.8) is 0 Å². The van der Waals surface area contributed by atoms with E-state index >= 15 is 0 Å². The molecule has 1 aliphatic rings. The van der Waals surface area contributed by atoms with Crippen LogP contribution >= 0.6 is 24.0 Å². The molecule has 2 rings (SSSR count). The Balaban J connectivity index is 0.00000112. The van der Waals surface area contributed by atoms with Crippen LogP contribution in [-0.4, -0.2) is 13.1 Å². The number of rotatable bonds is 1. The van der Waals surface area contributed by atoms with Gasteiger partial charge >= 0.3 is 0 Å². The fourth-order valence-corrected chi connectivity index (χ4v) is 2.11. The van der Waals surface area contributed by atoms with Gasteiger partial charge in [-0.2, -0.15) is 0 Å². The molecule has 0 bridgehead atoms. The maximum absolute atomic E-state index is 13.5. The fourth-order valence-electron chi connectivity index (χ4n) is 1.95. The van der Waals surface area contributed by atoms with Crippen molar-refractivity contribution < 1.29 is 4.39 Å². The van der Waals surface area contributed by atoms with E-state index in [1.807, 2.05) is 0 Å². The lowest BCUT2D eigenvalue weighted by atomic mass is 9.91. The molecule has 1 atom stereocenters. The molecule has 0 spiro atoms. The Labute approximate surface area is 100 Å². The molecule has 1 fully saturated rings. The largest absolute Gasteiger partial charge is 0.316 e. The third kappa shape index (κ3) is 3.07. The SMILES string of the molecule is Cl.Fc1cc(Cl)ccc1C1CCCNC1. The Kier molecular flexibility index (Phi) is 4.84. The molecule has 0 aliphatic carbocycles. The standard InChI is InChI=1S/C11H13ClFN.ClH/c12-9-3-4-10(11(13)6-9)8-2-1-5-14-7-8;/h3-4,6,8,14H,1-2,5,7H2;1H. The second kappa shape index (κ2) is 5.69. The van der Waals surface area contributed by atoms with Gasteiger partial charge in [0.2, 0.25) is 0 Å². The maximum Gasteiger partial charge on any atom is 0.128 e. The highest BCUT2D eigenvalue weighted by Gasteiger charge is 2.18. The van der Waals surface area contributed by atoms with Crippen LogP contribution in [0.1, 0.15) is 24.3 Å². The van der Waals surface area contributed by atoms with E-state index in [9.17, 15) is 4.39 Å². The molecule has 1 N–H and O–H groups in total. The minimum absolute atomic E-state index is 0.